The number of nitrogens with zero attached hydrogens (tertiary/aromatic N) is 4. The number of aliphatic carboxylic acids is 1. The molecule has 2 N–H and O–H groups in total. The molecule has 0 bridgehead atoms. The maximum Gasteiger partial charge on any atom is 0.308 e. The van der Waals surface area contributed by atoms with Crippen LogP contribution in [0.2, 0.25) is 0 Å². The third-order valence-corrected chi connectivity index (χ3v) is 4.68. The van der Waals surface area contributed by atoms with E-state index in [9.17, 15) is 24.8 Å². The molecule has 1 fully saturated rings. The van der Waals surface area contributed by atoms with Gasteiger partial charge in [0.15, 0.2) is 5.69 Å². The second kappa shape index (κ2) is 7.94. The molecule has 10 nitrogen and oxygen atoms in total. The third kappa shape index (κ3) is 4.27. The highest BCUT2D eigenvalue weighted by Gasteiger charge is 2.31. The highest BCUT2D eigenvalue weighted by molar-refractivity contribution is 5.92. The van der Waals surface area contributed by atoms with Gasteiger partial charge in [0.25, 0.3) is 11.6 Å². The number of nitro groups is 1. The lowest BCUT2D eigenvalue weighted by Gasteiger charge is -2.22. The molecule has 0 unspecified atom stereocenters. The molecular formula is C17H19N5O5. The van der Waals surface area contributed by atoms with E-state index in [0.29, 0.717) is 18.5 Å². The van der Waals surface area contributed by atoms with Gasteiger partial charge in [0, 0.05) is 18.2 Å². The summed E-state index contributed by atoms with van der Waals surface area (Å²) in [6.45, 7) is 0. The number of carboxylic acids is 1. The smallest absolute Gasteiger partial charge is 0.308 e. The molecule has 1 amide bonds. The van der Waals surface area contributed by atoms with Crippen molar-refractivity contribution < 1.29 is 19.6 Å². The zero-order chi connectivity index (χ0) is 19.4. The van der Waals surface area contributed by atoms with Crippen LogP contribution in [0, 0.1) is 16.0 Å². The predicted octanol–water partition coefficient (Wildman–Crippen LogP) is 1.94. The second-order valence-corrected chi connectivity index (χ2v) is 6.49. The number of nitro benzene ring substituents is 1. The van der Waals surface area contributed by atoms with Crippen molar-refractivity contribution >= 4 is 17.6 Å². The largest absolute Gasteiger partial charge is 0.481 e. The van der Waals surface area contributed by atoms with E-state index in [-0.39, 0.29) is 11.4 Å². The van der Waals surface area contributed by atoms with Gasteiger partial charge in [-0.2, -0.15) is 0 Å². The molecule has 0 radical (unpaired) electrons. The lowest BCUT2D eigenvalue weighted by molar-refractivity contribution is -0.384. The first-order valence-electron chi connectivity index (χ1n) is 8.66. The maximum absolute atomic E-state index is 12.5. The summed E-state index contributed by atoms with van der Waals surface area (Å²) in [5, 5.41) is 30.7. The van der Waals surface area contributed by atoms with Gasteiger partial charge in [-0.05, 0) is 18.9 Å². The SMILES string of the molecule is O=C(N[C@H]1CCCCC[C@H]1C(=O)O)c1cn(-c2cccc([N+](=O)[O-])c2)nn1. The van der Waals surface area contributed by atoms with Crippen LogP contribution in [0.5, 0.6) is 0 Å². The summed E-state index contributed by atoms with van der Waals surface area (Å²) in [5.74, 6) is -2.05. The van der Waals surface area contributed by atoms with E-state index in [4.69, 9.17) is 0 Å². The molecule has 1 aromatic heterocycles. The number of carbonyl (C=O) groups is 2. The fraction of sp³-hybridized carbons (Fsp3) is 0.412. The molecular weight excluding hydrogens is 354 g/mol. The van der Waals surface area contributed by atoms with Crippen molar-refractivity contribution in [3.8, 4) is 5.69 Å². The molecule has 0 spiro atoms. The van der Waals surface area contributed by atoms with Gasteiger partial charge in [0.05, 0.1) is 22.7 Å². The minimum Gasteiger partial charge on any atom is -0.481 e. The Morgan fingerprint density at radius 1 is 1.26 bits per heavy atom. The summed E-state index contributed by atoms with van der Waals surface area (Å²) >= 11 is 0. The van der Waals surface area contributed by atoms with Crippen LogP contribution in [-0.2, 0) is 4.79 Å². The van der Waals surface area contributed by atoms with Crippen LogP contribution in [0.4, 0.5) is 5.69 Å². The Balaban J connectivity index is 1.75. The molecule has 2 atom stereocenters. The number of benzene rings is 1. The lowest BCUT2D eigenvalue weighted by Crippen LogP contribution is -2.43. The standard InChI is InChI=1S/C17H19N5O5/c23-16(18-14-8-3-1-2-7-13(14)17(24)25)15-10-21(20-19-15)11-5-4-6-12(9-11)22(26)27/h4-6,9-10,13-14H,1-3,7-8H2,(H,18,23)(H,24,25)/t13-,14+/m1/s1. The van der Waals surface area contributed by atoms with Gasteiger partial charge in [-0.25, -0.2) is 4.68 Å². The number of hydrogen-bond acceptors (Lipinski definition) is 6. The van der Waals surface area contributed by atoms with Crippen molar-refractivity contribution in [2.45, 2.75) is 38.1 Å². The summed E-state index contributed by atoms with van der Waals surface area (Å²) in [4.78, 5) is 34.3. The van der Waals surface area contributed by atoms with E-state index < -0.39 is 28.8 Å². The quantitative estimate of drug-likeness (QED) is 0.463. The number of carboxylic acid groups (broad SMARTS) is 1. The Morgan fingerprint density at radius 2 is 2.04 bits per heavy atom. The van der Waals surface area contributed by atoms with Crippen LogP contribution in [0.3, 0.4) is 0 Å². The van der Waals surface area contributed by atoms with Crippen molar-refractivity contribution in [1.29, 1.82) is 0 Å². The van der Waals surface area contributed by atoms with E-state index in [1.165, 1.54) is 29.1 Å². The van der Waals surface area contributed by atoms with Crippen molar-refractivity contribution in [3.63, 3.8) is 0 Å². The first kappa shape index (κ1) is 18.5. The van der Waals surface area contributed by atoms with Crippen molar-refractivity contribution in [2.24, 2.45) is 5.92 Å². The Morgan fingerprint density at radius 3 is 2.78 bits per heavy atom. The average molecular weight is 373 g/mol. The molecule has 10 heteroatoms. The fourth-order valence-electron chi connectivity index (χ4n) is 3.26. The molecule has 3 rings (SSSR count). The lowest BCUT2D eigenvalue weighted by atomic mass is 9.95. The summed E-state index contributed by atoms with van der Waals surface area (Å²) in [6.07, 6.45) is 5.11. The molecule has 1 aliphatic rings. The number of amides is 1. The zero-order valence-corrected chi connectivity index (χ0v) is 14.4. The highest BCUT2D eigenvalue weighted by Crippen LogP contribution is 2.24. The summed E-state index contributed by atoms with van der Waals surface area (Å²) in [5.41, 5.74) is 0.320. The molecule has 0 aliphatic heterocycles. The Labute approximate surface area is 154 Å². The van der Waals surface area contributed by atoms with Gasteiger partial charge in [-0.15, -0.1) is 5.10 Å². The monoisotopic (exact) mass is 373 g/mol. The summed E-state index contributed by atoms with van der Waals surface area (Å²) in [7, 11) is 0. The van der Waals surface area contributed by atoms with E-state index >= 15 is 0 Å². The van der Waals surface area contributed by atoms with Crippen LogP contribution in [0.25, 0.3) is 5.69 Å². The zero-order valence-electron chi connectivity index (χ0n) is 14.4. The van der Waals surface area contributed by atoms with Crippen molar-refractivity contribution in [3.05, 3.63) is 46.3 Å². The van der Waals surface area contributed by atoms with Gasteiger partial charge < -0.3 is 10.4 Å². The minimum absolute atomic E-state index is 0.0230. The van der Waals surface area contributed by atoms with Gasteiger partial charge in [0.2, 0.25) is 0 Å². The van der Waals surface area contributed by atoms with Crippen LogP contribution >= 0.6 is 0 Å². The van der Waals surface area contributed by atoms with E-state index in [2.05, 4.69) is 15.6 Å². The molecule has 1 aliphatic carbocycles. The second-order valence-electron chi connectivity index (χ2n) is 6.49. The maximum atomic E-state index is 12.5. The number of rotatable bonds is 5. The van der Waals surface area contributed by atoms with Crippen LogP contribution < -0.4 is 5.32 Å². The fourth-order valence-corrected chi connectivity index (χ4v) is 3.26. The van der Waals surface area contributed by atoms with Crippen molar-refractivity contribution in [1.82, 2.24) is 20.3 Å². The predicted molar refractivity (Wildman–Crippen MR) is 93.5 cm³/mol. The van der Waals surface area contributed by atoms with E-state index in [0.717, 1.165) is 19.3 Å². The van der Waals surface area contributed by atoms with Gasteiger partial charge >= 0.3 is 5.97 Å². The number of nitrogens with one attached hydrogen (secondary N) is 1. The van der Waals surface area contributed by atoms with Crippen LogP contribution in [0.1, 0.15) is 42.6 Å². The first-order valence-corrected chi connectivity index (χ1v) is 8.66. The number of hydrogen-bond donors (Lipinski definition) is 2. The number of non-ortho nitro benzene ring substituents is 1. The first-order chi connectivity index (χ1) is 13.0. The van der Waals surface area contributed by atoms with E-state index in [1.807, 2.05) is 0 Å². The molecule has 0 saturated heterocycles. The van der Waals surface area contributed by atoms with Crippen LogP contribution in [-0.4, -0.2) is 42.9 Å². The average Bonchev–Trinajstić information content (AvgIpc) is 3.03. The molecule has 1 saturated carbocycles. The topological polar surface area (TPSA) is 140 Å². The normalized spacial score (nSPS) is 19.9. The summed E-state index contributed by atoms with van der Waals surface area (Å²) < 4.78 is 1.27. The number of aromatic nitrogens is 3. The third-order valence-electron chi connectivity index (χ3n) is 4.68. The van der Waals surface area contributed by atoms with Crippen LogP contribution in [0.15, 0.2) is 30.5 Å². The molecule has 2 aromatic rings. The van der Waals surface area contributed by atoms with Gasteiger partial charge in [-0.3, -0.25) is 19.7 Å². The molecule has 1 heterocycles. The Hall–Kier alpha value is -3.30. The van der Waals surface area contributed by atoms with E-state index in [1.54, 1.807) is 6.07 Å². The highest BCUT2D eigenvalue weighted by atomic mass is 16.6. The van der Waals surface area contributed by atoms with Gasteiger partial charge in [0.1, 0.15) is 0 Å². The Bertz CT molecular complexity index is 865. The van der Waals surface area contributed by atoms with Gasteiger partial charge in [-0.1, -0.05) is 30.5 Å². The Kier molecular flexibility index (Phi) is 5.43. The number of carbonyl (C=O) groups excluding carboxylic acids is 1. The van der Waals surface area contributed by atoms with Crippen molar-refractivity contribution in [2.75, 3.05) is 0 Å². The molecule has 1 aromatic carbocycles. The summed E-state index contributed by atoms with van der Waals surface area (Å²) in [6, 6.07) is 5.34. The molecule has 142 valence electrons. The minimum atomic E-state index is -0.914. The molecule has 27 heavy (non-hydrogen) atoms.